The van der Waals surface area contributed by atoms with Gasteiger partial charge >= 0.3 is 5.97 Å². The summed E-state index contributed by atoms with van der Waals surface area (Å²) in [7, 11) is 1.07. The highest BCUT2D eigenvalue weighted by Gasteiger charge is 2.24. The summed E-state index contributed by atoms with van der Waals surface area (Å²) in [5, 5.41) is 8.64. The van der Waals surface area contributed by atoms with Gasteiger partial charge in [0.25, 0.3) is 6.43 Å². The van der Waals surface area contributed by atoms with Crippen molar-refractivity contribution in [2.24, 2.45) is 0 Å². The molecule has 0 radical (unpaired) electrons. The quantitative estimate of drug-likeness (QED) is 0.785. The fourth-order valence-electron chi connectivity index (χ4n) is 1.05. The zero-order valence-electron chi connectivity index (χ0n) is 8.00. The van der Waals surface area contributed by atoms with E-state index in [2.05, 4.69) is 25.7 Å². The number of pyridine rings is 1. The average Bonchev–Trinajstić information content (AvgIpc) is 2.27. The molecule has 1 rings (SSSR count). The Morgan fingerprint density at radius 1 is 1.69 bits per heavy atom. The maximum absolute atomic E-state index is 12.6. The van der Waals surface area contributed by atoms with Gasteiger partial charge in [-0.2, -0.15) is 5.26 Å². The van der Waals surface area contributed by atoms with E-state index in [4.69, 9.17) is 5.26 Å². The van der Waals surface area contributed by atoms with Crippen LogP contribution in [0.4, 0.5) is 8.78 Å². The molecule has 0 amide bonds. The third-order valence-corrected chi connectivity index (χ3v) is 2.55. The normalized spacial score (nSPS) is 10.0. The van der Waals surface area contributed by atoms with Crippen molar-refractivity contribution in [2.75, 3.05) is 7.11 Å². The number of alkyl halides is 2. The predicted molar refractivity (Wildman–Crippen MR) is 52.9 cm³/mol. The average molecular weight is 291 g/mol. The van der Waals surface area contributed by atoms with Gasteiger partial charge < -0.3 is 4.74 Å². The van der Waals surface area contributed by atoms with Crippen LogP contribution in [0.2, 0.25) is 0 Å². The standard InChI is InChI=1S/C9H5BrF2N2O2/c1-16-9(15)6-4(8(11)12)3-14-5(2-13)7(6)10/h3,8H,1H3. The molecule has 0 fully saturated rings. The first-order valence-corrected chi connectivity index (χ1v) is 4.77. The summed E-state index contributed by atoms with van der Waals surface area (Å²) in [6.07, 6.45) is -2.08. The molecule has 4 nitrogen and oxygen atoms in total. The molecule has 1 aromatic heterocycles. The summed E-state index contributed by atoms with van der Waals surface area (Å²) in [6.45, 7) is 0. The van der Waals surface area contributed by atoms with Gasteiger partial charge in [-0.3, -0.25) is 0 Å². The highest BCUT2D eigenvalue weighted by Crippen LogP contribution is 2.30. The van der Waals surface area contributed by atoms with Gasteiger partial charge in [-0.05, 0) is 15.9 Å². The molecule has 0 unspecified atom stereocenters. The number of hydrogen-bond donors (Lipinski definition) is 0. The molecule has 0 atom stereocenters. The van der Waals surface area contributed by atoms with Crippen LogP contribution in [0.3, 0.4) is 0 Å². The van der Waals surface area contributed by atoms with Gasteiger partial charge in [-0.25, -0.2) is 18.6 Å². The van der Waals surface area contributed by atoms with Gasteiger partial charge in [0.2, 0.25) is 0 Å². The molecule has 16 heavy (non-hydrogen) atoms. The zero-order chi connectivity index (χ0) is 12.3. The first-order valence-electron chi connectivity index (χ1n) is 3.97. The molecule has 0 saturated heterocycles. The molecule has 1 aromatic rings. The van der Waals surface area contributed by atoms with Gasteiger partial charge in [0.05, 0.1) is 22.7 Å². The first kappa shape index (κ1) is 12.5. The van der Waals surface area contributed by atoms with Gasteiger partial charge in [-0.1, -0.05) is 0 Å². The van der Waals surface area contributed by atoms with E-state index in [9.17, 15) is 13.6 Å². The number of halogens is 3. The molecular weight excluding hydrogens is 286 g/mol. The minimum Gasteiger partial charge on any atom is -0.465 e. The lowest BCUT2D eigenvalue weighted by Gasteiger charge is -2.09. The van der Waals surface area contributed by atoms with Crippen LogP contribution in [0, 0.1) is 11.3 Å². The third-order valence-electron chi connectivity index (χ3n) is 1.78. The minimum absolute atomic E-state index is 0.0837. The van der Waals surface area contributed by atoms with Gasteiger partial charge in [0.15, 0.2) is 5.69 Å². The number of esters is 1. The molecule has 0 bridgehead atoms. The fraction of sp³-hybridized carbons (Fsp3) is 0.222. The van der Waals surface area contributed by atoms with Crippen molar-refractivity contribution in [1.29, 1.82) is 5.26 Å². The Balaban J connectivity index is 3.50. The summed E-state index contributed by atoms with van der Waals surface area (Å²) in [5.41, 5.74) is -1.09. The van der Waals surface area contributed by atoms with E-state index >= 15 is 0 Å². The van der Waals surface area contributed by atoms with Crippen LogP contribution in [-0.4, -0.2) is 18.1 Å². The second-order valence-corrected chi connectivity index (χ2v) is 3.45. The topological polar surface area (TPSA) is 63.0 Å². The molecule has 0 aliphatic heterocycles. The van der Waals surface area contributed by atoms with Crippen LogP contribution in [0.25, 0.3) is 0 Å². The Morgan fingerprint density at radius 3 is 2.75 bits per heavy atom. The molecule has 0 aliphatic carbocycles. The highest BCUT2D eigenvalue weighted by atomic mass is 79.9. The summed E-state index contributed by atoms with van der Waals surface area (Å²) in [5.74, 6) is -0.943. The van der Waals surface area contributed by atoms with Crippen molar-refractivity contribution in [3.05, 3.63) is 27.5 Å². The fourth-order valence-corrected chi connectivity index (χ4v) is 1.64. The lowest BCUT2D eigenvalue weighted by atomic mass is 10.1. The number of nitriles is 1. The largest absolute Gasteiger partial charge is 0.465 e. The van der Waals surface area contributed by atoms with Gasteiger partial charge in [0.1, 0.15) is 6.07 Å². The van der Waals surface area contributed by atoms with Crippen molar-refractivity contribution >= 4 is 21.9 Å². The second kappa shape index (κ2) is 4.99. The van der Waals surface area contributed by atoms with E-state index in [1.54, 1.807) is 6.07 Å². The molecule has 7 heteroatoms. The Bertz CT molecular complexity index is 471. The summed E-state index contributed by atoms with van der Waals surface area (Å²) >= 11 is 2.88. The molecule has 0 aliphatic rings. The SMILES string of the molecule is COC(=O)c1c(C(F)F)cnc(C#N)c1Br. The number of aromatic nitrogens is 1. The monoisotopic (exact) mass is 290 g/mol. The van der Waals surface area contributed by atoms with E-state index in [1.165, 1.54) is 0 Å². The Labute approximate surface area is 98.0 Å². The molecule has 84 valence electrons. The molecule has 0 saturated carbocycles. The third kappa shape index (κ3) is 2.17. The number of ether oxygens (including phenoxy) is 1. The predicted octanol–water partition coefficient (Wildman–Crippen LogP) is 2.44. The summed E-state index contributed by atoms with van der Waals surface area (Å²) in [4.78, 5) is 14.8. The number of carbonyl (C=O) groups is 1. The lowest BCUT2D eigenvalue weighted by molar-refractivity contribution is 0.0587. The van der Waals surface area contributed by atoms with Crippen LogP contribution < -0.4 is 0 Å². The van der Waals surface area contributed by atoms with E-state index < -0.39 is 18.0 Å². The number of methoxy groups -OCH3 is 1. The molecular formula is C9H5BrF2N2O2. The smallest absolute Gasteiger partial charge is 0.339 e. The van der Waals surface area contributed by atoms with Gasteiger partial charge in [-0.15, -0.1) is 0 Å². The molecule has 1 heterocycles. The van der Waals surface area contributed by atoms with Crippen molar-refractivity contribution in [3.63, 3.8) is 0 Å². The van der Waals surface area contributed by atoms with Crippen molar-refractivity contribution < 1.29 is 18.3 Å². The van der Waals surface area contributed by atoms with E-state index in [-0.39, 0.29) is 15.7 Å². The molecule has 0 N–H and O–H groups in total. The van der Waals surface area contributed by atoms with Gasteiger partial charge in [0, 0.05) is 6.20 Å². The van der Waals surface area contributed by atoms with Crippen LogP contribution in [0.5, 0.6) is 0 Å². The van der Waals surface area contributed by atoms with Crippen molar-refractivity contribution in [3.8, 4) is 6.07 Å². The lowest BCUT2D eigenvalue weighted by Crippen LogP contribution is -2.09. The maximum atomic E-state index is 12.6. The number of carbonyl (C=O) groups excluding carboxylic acids is 1. The molecule has 0 aromatic carbocycles. The summed E-state index contributed by atoms with van der Waals surface area (Å²) < 4.78 is 29.5. The Kier molecular flexibility index (Phi) is 3.90. The van der Waals surface area contributed by atoms with Crippen LogP contribution in [-0.2, 0) is 4.74 Å². The first-order chi connectivity index (χ1) is 7.52. The second-order valence-electron chi connectivity index (χ2n) is 2.66. The van der Waals surface area contributed by atoms with E-state index in [0.29, 0.717) is 0 Å². The zero-order valence-corrected chi connectivity index (χ0v) is 9.59. The number of nitrogens with zero attached hydrogens (tertiary/aromatic N) is 2. The van der Waals surface area contributed by atoms with Crippen LogP contribution in [0.1, 0.15) is 28.0 Å². The highest BCUT2D eigenvalue weighted by molar-refractivity contribution is 9.10. The molecule has 0 spiro atoms. The van der Waals surface area contributed by atoms with Crippen molar-refractivity contribution in [1.82, 2.24) is 4.98 Å². The van der Waals surface area contributed by atoms with Crippen LogP contribution >= 0.6 is 15.9 Å². The minimum atomic E-state index is -2.87. The van der Waals surface area contributed by atoms with Crippen molar-refractivity contribution in [2.45, 2.75) is 6.43 Å². The van der Waals surface area contributed by atoms with Crippen LogP contribution in [0.15, 0.2) is 10.7 Å². The Hall–Kier alpha value is -1.55. The van der Waals surface area contributed by atoms with E-state index in [0.717, 1.165) is 13.3 Å². The number of hydrogen-bond acceptors (Lipinski definition) is 4. The number of rotatable bonds is 2. The summed E-state index contributed by atoms with van der Waals surface area (Å²) in [6, 6.07) is 1.67. The van der Waals surface area contributed by atoms with E-state index in [1.807, 2.05) is 0 Å². The maximum Gasteiger partial charge on any atom is 0.339 e. The Morgan fingerprint density at radius 2 is 2.31 bits per heavy atom.